The lowest BCUT2D eigenvalue weighted by Crippen LogP contribution is -2.28. The summed E-state index contributed by atoms with van der Waals surface area (Å²) in [5.41, 5.74) is 0.268. The van der Waals surface area contributed by atoms with Crippen LogP contribution >= 0.6 is 11.3 Å². The third kappa shape index (κ3) is 3.43. The highest BCUT2D eigenvalue weighted by atomic mass is 32.1. The summed E-state index contributed by atoms with van der Waals surface area (Å²) >= 11 is 1.28. The predicted molar refractivity (Wildman–Crippen MR) is 70.2 cm³/mol. The minimum atomic E-state index is -0.487. The largest absolute Gasteiger partial charge is 0.464 e. The first-order valence-corrected chi connectivity index (χ1v) is 6.45. The van der Waals surface area contributed by atoms with Gasteiger partial charge in [-0.1, -0.05) is 13.8 Å². The second kappa shape index (κ2) is 6.34. The number of esters is 1. The van der Waals surface area contributed by atoms with Crippen LogP contribution in [0.4, 0.5) is 9.93 Å². The topological polar surface area (TPSA) is 80.3 Å². The molecule has 0 aliphatic heterocycles. The molecule has 2 N–H and O–H groups in total. The number of anilines is 1. The first-order valence-electron chi connectivity index (χ1n) is 5.63. The Hall–Kier alpha value is -1.63. The van der Waals surface area contributed by atoms with E-state index in [4.69, 9.17) is 0 Å². The van der Waals surface area contributed by atoms with E-state index in [0.717, 1.165) is 4.88 Å². The SMILES string of the molecule is CCNC(=O)Nc1nc(C(=O)OC)c(C(C)C)s1. The van der Waals surface area contributed by atoms with Gasteiger partial charge in [0.15, 0.2) is 10.8 Å². The van der Waals surface area contributed by atoms with Gasteiger partial charge >= 0.3 is 12.0 Å². The molecule has 0 fully saturated rings. The number of urea groups is 1. The number of aromatic nitrogens is 1. The summed E-state index contributed by atoms with van der Waals surface area (Å²) in [4.78, 5) is 27.8. The Labute approximate surface area is 110 Å². The van der Waals surface area contributed by atoms with Gasteiger partial charge < -0.3 is 10.1 Å². The van der Waals surface area contributed by atoms with Gasteiger partial charge in [0.25, 0.3) is 0 Å². The quantitative estimate of drug-likeness (QED) is 0.823. The Bertz CT molecular complexity index is 443. The summed E-state index contributed by atoms with van der Waals surface area (Å²) in [5.74, 6) is -0.347. The molecule has 0 saturated heterocycles. The maximum Gasteiger partial charge on any atom is 0.357 e. The monoisotopic (exact) mass is 271 g/mol. The number of amides is 2. The van der Waals surface area contributed by atoms with Gasteiger partial charge in [-0.2, -0.15) is 0 Å². The van der Waals surface area contributed by atoms with Gasteiger partial charge in [0.1, 0.15) is 0 Å². The molecular weight excluding hydrogens is 254 g/mol. The summed E-state index contributed by atoms with van der Waals surface area (Å²) in [7, 11) is 1.31. The van der Waals surface area contributed by atoms with Crippen LogP contribution in [0.1, 0.15) is 42.1 Å². The molecule has 1 aromatic heterocycles. The fraction of sp³-hybridized carbons (Fsp3) is 0.545. The average molecular weight is 271 g/mol. The normalized spacial score (nSPS) is 10.3. The number of thiazole rings is 1. The van der Waals surface area contributed by atoms with E-state index in [1.165, 1.54) is 18.4 Å². The molecule has 0 aliphatic carbocycles. The van der Waals surface area contributed by atoms with Crippen molar-refractivity contribution in [2.75, 3.05) is 19.0 Å². The third-order valence-corrected chi connectivity index (χ3v) is 3.39. The standard InChI is InChI=1S/C11H17N3O3S/c1-5-12-10(16)14-11-13-7(9(15)17-4)8(18-11)6(2)3/h6H,5H2,1-4H3,(H2,12,13,14,16). The zero-order chi connectivity index (χ0) is 13.7. The van der Waals surface area contributed by atoms with Crippen LogP contribution in [0.5, 0.6) is 0 Å². The van der Waals surface area contributed by atoms with Gasteiger partial charge in [-0.15, -0.1) is 11.3 Å². The molecule has 6 nitrogen and oxygen atoms in total. The first-order chi connectivity index (χ1) is 8.49. The van der Waals surface area contributed by atoms with Gasteiger partial charge in [0.05, 0.1) is 7.11 Å². The molecule has 1 aromatic rings. The summed E-state index contributed by atoms with van der Waals surface area (Å²) in [6.45, 7) is 6.25. The van der Waals surface area contributed by atoms with Gasteiger partial charge in [-0.05, 0) is 12.8 Å². The van der Waals surface area contributed by atoms with Crippen LogP contribution in [0.15, 0.2) is 0 Å². The molecule has 0 unspecified atom stereocenters. The summed E-state index contributed by atoms with van der Waals surface area (Å²) in [6, 6.07) is -0.335. The second-order valence-corrected chi connectivity index (χ2v) is 4.89. The molecule has 2 amide bonds. The predicted octanol–water partition coefficient (Wildman–Crippen LogP) is 2.19. The Morgan fingerprint density at radius 3 is 2.61 bits per heavy atom. The fourth-order valence-electron chi connectivity index (χ4n) is 1.32. The van der Waals surface area contributed by atoms with Crippen LogP contribution in [-0.2, 0) is 4.74 Å². The second-order valence-electron chi connectivity index (χ2n) is 3.86. The van der Waals surface area contributed by atoms with E-state index in [1.807, 2.05) is 20.8 Å². The highest BCUT2D eigenvalue weighted by Crippen LogP contribution is 2.30. The Balaban J connectivity index is 2.95. The zero-order valence-corrected chi connectivity index (χ0v) is 11.7. The van der Waals surface area contributed by atoms with Gasteiger partial charge in [-0.25, -0.2) is 14.6 Å². The van der Waals surface area contributed by atoms with Crippen LogP contribution in [0.25, 0.3) is 0 Å². The number of nitrogens with zero attached hydrogens (tertiary/aromatic N) is 1. The van der Waals surface area contributed by atoms with Crippen molar-refractivity contribution in [3.05, 3.63) is 10.6 Å². The van der Waals surface area contributed by atoms with Crippen LogP contribution in [0, 0.1) is 0 Å². The Kier molecular flexibility index (Phi) is 5.08. The molecule has 0 aromatic carbocycles. The van der Waals surface area contributed by atoms with Gasteiger partial charge in [0.2, 0.25) is 0 Å². The van der Waals surface area contributed by atoms with E-state index in [0.29, 0.717) is 11.7 Å². The molecule has 0 spiro atoms. The summed E-state index contributed by atoms with van der Waals surface area (Å²) < 4.78 is 4.67. The van der Waals surface area contributed by atoms with Crippen molar-refractivity contribution >= 4 is 28.5 Å². The van der Waals surface area contributed by atoms with Crippen molar-refractivity contribution in [1.29, 1.82) is 0 Å². The van der Waals surface area contributed by atoms with E-state index >= 15 is 0 Å². The smallest absolute Gasteiger partial charge is 0.357 e. The molecule has 0 bridgehead atoms. The van der Waals surface area contributed by atoms with Crippen molar-refractivity contribution in [2.45, 2.75) is 26.7 Å². The number of carbonyl (C=O) groups is 2. The number of hydrogen-bond acceptors (Lipinski definition) is 5. The number of ether oxygens (including phenoxy) is 1. The molecule has 0 atom stereocenters. The minimum absolute atomic E-state index is 0.140. The zero-order valence-electron chi connectivity index (χ0n) is 10.9. The van der Waals surface area contributed by atoms with E-state index in [9.17, 15) is 9.59 Å². The number of nitrogens with one attached hydrogen (secondary N) is 2. The number of rotatable bonds is 4. The van der Waals surface area contributed by atoms with Crippen molar-refractivity contribution in [1.82, 2.24) is 10.3 Å². The molecule has 1 rings (SSSR count). The molecule has 0 aliphatic rings. The lowest BCUT2D eigenvalue weighted by atomic mass is 10.1. The number of carbonyl (C=O) groups excluding carboxylic acids is 2. The van der Waals surface area contributed by atoms with Gasteiger partial charge in [-0.3, -0.25) is 5.32 Å². The lowest BCUT2D eigenvalue weighted by Gasteiger charge is -2.02. The van der Waals surface area contributed by atoms with Crippen LogP contribution in [0.2, 0.25) is 0 Å². The number of hydrogen-bond donors (Lipinski definition) is 2. The number of methoxy groups -OCH3 is 1. The highest BCUT2D eigenvalue weighted by molar-refractivity contribution is 7.16. The molecule has 0 radical (unpaired) electrons. The molecule has 100 valence electrons. The van der Waals surface area contributed by atoms with Crippen LogP contribution in [-0.4, -0.2) is 30.6 Å². The Morgan fingerprint density at radius 2 is 2.11 bits per heavy atom. The molecule has 1 heterocycles. The first kappa shape index (κ1) is 14.4. The lowest BCUT2D eigenvalue weighted by molar-refractivity contribution is 0.0593. The summed E-state index contributed by atoms with van der Waals surface area (Å²) in [6.07, 6.45) is 0. The van der Waals surface area contributed by atoms with Crippen LogP contribution in [0.3, 0.4) is 0 Å². The van der Waals surface area contributed by atoms with Crippen molar-refractivity contribution < 1.29 is 14.3 Å². The summed E-state index contributed by atoms with van der Waals surface area (Å²) in [5, 5.41) is 5.58. The highest BCUT2D eigenvalue weighted by Gasteiger charge is 2.21. The van der Waals surface area contributed by atoms with E-state index < -0.39 is 5.97 Å². The molecular formula is C11H17N3O3S. The van der Waals surface area contributed by atoms with E-state index in [-0.39, 0.29) is 17.6 Å². The van der Waals surface area contributed by atoms with Crippen molar-refractivity contribution in [2.24, 2.45) is 0 Å². The van der Waals surface area contributed by atoms with E-state index in [1.54, 1.807) is 0 Å². The van der Waals surface area contributed by atoms with Crippen LogP contribution < -0.4 is 10.6 Å². The van der Waals surface area contributed by atoms with E-state index in [2.05, 4.69) is 20.4 Å². The van der Waals surface area contributed by atoms with Crippen molar-refractivity contribution in [3.8, 4) is 0 Å². The maximum atomic E-state index is 11.6. The molecule has 18 heavy (non-hydrogen) atoms. The average Bonchev–Trinajstić information content (AvgIpc) is 2.72. The fourth-order valence-corrected chi connectivity index (χ4v) is 2.27. The van der Waals surface area contributed by atoms with Gasteiger partial charge in [0, 0.05) is 11.4 Å². The third-order valence-electron chi connectivity index (χ3n) is 2.11. The maximum absolute atomic E-state index is 11.6. The Morgan fingerprint density at radius 1 is 1.44 bits per heavy atom. The molecule has 7 heteroatoms. The minimum Gasteiger partial charge on any atom is -0.464 e. The molecule has 0 saturated carbocycles. The van der Waals surface area contributed by atoms with Crippen molar-refractivity contribution in [3.63, 3.8) is 0 Å².